The molecule has 0 radical (unpaired) electrons. The number of nitrogen functional groups attached to an aromatic ring is 1. The van der Waals surface area contributed by atoms with Gasteiger partial charge in [-0.25, -0.2) is 4.39 Å². The summed E-state index contributed by atoms with van der Waals surface area (Å²) in [5.41, 5.74) is 9.94. The molecule has 18 heavy (non-hydrogen) atoms. The second-order valence-corrected chi connectivity index (χ2v) is 4.17. The summed E-state index contributed by atoms with van der Waals surface area (Å²) in [6, 6.07) is 9.61. The van der Waals surface area contributed by atoms with Gasteiger partial charge in [-0.2, -0.15) is 10.2 Å². The number of nitrogens with two attached hydrogens (primary N) is 1. The lowest BCUT2D eigenvalue weighted by molar-refractivity contribution is 0.628. The summed E-state index contributed by atoms with van der Waals surface area (Å²) in [6.07, 6.45) is 0. The van der Waals surface area contributed by atoms with Gasteiger partial charge in [-0.05, 0) is 61.4 Å². The SMILES string of the molecule is Cc1cc(/N=N/c2ccc(F)cc2)cc(C)c1N. The van der Waals surface area contributed by atoms with Gasteiger partial charge >= 0.3 is 0 Å². The van der Waals surface area contributed by atoms with Crippen molar-refractivity contribution in [2.75, 3.05) is 5.73 Å². The second-order valence-electron chi connectivity index (χ2n) is 4.17. The van der Waals surface area contributed by atoms with Crippen molar-refractivity contribution >= 4 is 17.1 Å². The molecule has 0 atom stereocenters. The topological polar surface area (TPSA) is 50.7 Å². The fourth-order valence-corrected chi connectivity index (χ4v) is 1.63. The lowest BCUT2D eigenvalue weighted by Crippen LogP contribution is -1.92. The molecule has 0 aliphatic rings. The molecule has 2 aromatic carbocycles. The summed E-state index contributed by atoms with van der Waals surface area (Å²) in [5, 5.41) is 8.16. The molecule has 0 fully saturated rings. The minimum absolute atomic E-state index is 0.284. The number of hydrogen-bond acceptors (Lipinski definition) is 3. The summed E-state index contributed by atoms with van der Waals surface area (Å²) in [4.78, 5) is 0. The predicted molar refractivity (Wildman–Crippen MR) is 70.9 cm³/mol. The van der Waals surface area contributed by atoms with Crippen molar-refractivity contribution in [3.63, 3.8) is 0 Å². The Morgan fingerprint density at radius 1 is 0.889 bits per heavy atom. The number of aryl methyl sites for hydroxylation is 2. The third-order valence-corrected chi connectivity index (χ3v) is 2.69. The van der Waals surface area contributed by atoms with Crippen LogP contribution in [0.5, 0.6) is 0 Å². The van der Waals surface area contributed by atoms with Crippen molar-refractivity contribution in [2.45, 2.75) is 13.8 Å². The number of hydrogen-bond donors (Lipinski definition) is 1. The van der Waals surface area contributed by atoms with Crippen LogP contribution in [0.4, 0.5) is 21.5 Å². The van der Waals surface area contributed by atoms with E-state index < -0.39 is 0 Å². The van der Waals surface area contributed by atoms with Gasteiger partial charge in [0.15, 0.2) is 0 Å². The maximum absolute atomic E-state index is 12.7. The highest BCUT2D eigenvalue weighted by atomic mass is 19.1. The molecule has 4 heteroatoms. The first kappa shape index (κ1) is 12.2. The largest absolute Gasteiger partial charge is 0.398 e. The molecule has 2 aromatic rings. The van der Waals surface area contributed by atoms with E-state index in [9.17, 15) is 4.39 Å². The van der Waals surface area contributed by atoms with Crippen molar-refractivity contribution in [1.82, 2.24) is 0 Å². The quantitative estimate of drug-likeness (QED) is 0.615. The van der Waals surface area contributed by atoms with E-state index in [1.807, 2.05) is 26.0 Å². The first-order valence-electron chi connectivity index (χ1n) is 5.60. The Kier molecular flexibility index (Phi) is 3.37. The molecule has 0 saturated heterocycles. The summed E-state index contributed by atoms with van der Waals surface area (Å²) in [7, 11) is 0. The highest BCUT2D eigenvalue weighted by Gasteiger charge is 2.00. The predicted octanol–water partition coefficient (Wildman–Crippen LogP) is 4.44. The molecule has 3 nitrogen and oxygen atoms in total. The van der Waals surface area contributed by atoms with Gasteiger partial charge in [0.2, 0.25) is 0 Å². The van der Waals surface area contributed by atoms with Crippen molar-refractivity contribution < 1.29 is 4.39 Å². The number of benzene rings is 2. The van der Waals surface area contributed by atoms with Crippen LogP contribution in [-0.4, -0.2) is 0 Å². The van der Waals surface area contributed by atoms with Crippen LogP contribution in [0, 0.1) is 19.7 Å². The average molecular weight is 243 g/mol. The molecule has 0 amide bonds. The van der Waals surface area contributed by atoms with Crippen molar-refractivity contribution in [1.29, 1.82) is 0 Å². The molecule has 0 aromatic heterocycles. The van der Waals surface area contributed by atoms with E-state index >= 15 is 0 Å². The molecule has 0 spiro atoms. The lowest BCUT2D eigenvalue weighted by atomic mass is 10.1. The standard InChI is InChI=1S/C14H14FN3/c1-9-7-13(8-10(2)14(9)16)18-17-12-5-3-11(15)4-6-12/h3-8H,16H2,1-2H3/b18-17+. The van der Waals surface area contributed by atoms with Crippen LogP contribution in [0.2, 0.25) is 0 Å². The Morgan fingerprint density at radius 2 is 1.39 bits per heavy atom. The Morgan fingerprint density at radius 3 is 1.94 bits per heavy atom. The molecule has 0 saturated carbocycles. The fourth-order valence-electron chi connectivity index (χ4n) is 1.63. The van der Waals surface area contributed by atoms with E-state index in [1.165, 1.54) is 12.1 Å². The number of rotatable bonds is 2. The van der Waals surface area contributed by atoms with E-state index in [0.29, 0.717) is 5.69 Å². The molecule has 0 heterocycles. The Labute approximate surface area is 105 Å². The van der Waals surface area contributed by atoms with Crippen molar-refractivity contribution in [3.05, 3.63) is 53.3 Å². The Hall–Kier alpha value is -2.23. The Bertz CT molecular complexity index is 565. The second kappa shape index (κ2) is 4.96. The van der Waals surface area contributed by atoms with Gasteiger partial charge in [-0.3, -0.25) is 0 Å². The molecular weight excluding hydrogens is 229 g/mol. The van der Waals surface area contributed by atoms with Crippen molar-refractivity contribution in [3.8, 4) is 0 Å². The smallest absolute Gasteiger partial charge is 0.123 e. The summed E-state index contributed by atoms with van der Waals surface area (Å²) in [5.74, 6) is -0.284. The van der Waals surface area contributed by atoms with E-state index in [4.69, 9.17) is 5.73 Å². The zero-order chi connectivity index (χ0) is 13.1. The molecule has 0 aliphatic carbocycles. The zero-order valence-electron chi connectivity index (χ0n) is 10.3. The van der Waals surface area contributed by atoms with Gasteiger partial charge in [0, 0.05) is 5.69 Å². The molecule has 92 valence electrons. The summed E-state index contributed by atoms with van der Waals surface area (Å²) < 4.78 is 12.7. The van der Waals surface area contributed by atoms with Crippen LogP contribution in [0.1, 0.15) is 11.1 Å². The highest BCUT2D eigenvalue weighted by Crippen LogP contribution is 2.25. The normalized spacial score (nSPS) is 11.1. The maximum atomic E-state index is 12.7. The molecule has 0 unspecified atom stereocenters. The van der Waals surface area contributed by atoms with Crippen molar-refractivity contribution in [2.24, 2.45) is 10.2 Å². The third-order valence-electron chi connectivity index (χ3n) is 2.69. The van der Waals surface area contributed by atoms with Gasteiger partial charge in [0.05, 0.1) is 11.4 Å². The van der Waals surface area contributed by atoms with Crippen LogP contribution in [0.3, 0.4) is 0 Å². The molecule has 0 aliphatic heterocycles. The van der Waals surface area contributed by atoms with Gasteiger partial charge in [-0.1, -0.05) is 0 Å². The summed E-state index contributed by atoms with van der Waals surface area (Å²) >= 11 is 0. The monoisotopic (exact) mass is 243 g/mol. The average Bonchev–Trinajstić information content (AvgIpc) is 2.35. The van der Waals surface area contributed by atoms with E-state index in [0.717, 1.165) is 22.5 Å². The summed E-state index contributed by atoms with van der Waals surface area (Å²) in [6.45, 7) is 3.86. The molecule has 2 rings (SSSR count). The zero-order valence-corrected chi connectivity index (χ0v) is 10.3. The van der Waals surface area contributed by atoms with Crippen LogP contribution in [0.15, 0.2) is 46.6 Å². The van der Waals surface area contributed by atoms with Gasteiger partial charge in [0.25, 0.3) is 0 Å². The number of azo groups is 1. The minimum Gasteiger partial charge on any atom is -0.398 e. The van der Waals surface area contributed by atoms with Gasteiger partial charge in [-0.15, -0.1) is 0 Å². The van der Waals surface area contributed by atoms with E-state index in [1.54, 1.807) is 12.1 Å². The fraction of sp³-hybridized carbons (Fsp3) is 0.143. The number of anilines is 1. The highest BCUT2D eigenvalue weighted by molar-refractivity contribution is 5.59. The number of halogens is 1. The van der Waals surface area contributed by atoms with Gasteiger partial charge < -0.3 is 5.73 Å². The van der Waals surface area contributed by atoms with E-state index in [-0.39, 0.29) is 5.82 Å². The van der Waals surface area contributed by atoms with Crippen LogP contribution in [0.25, 0.3) is 0 Å². The minimum atomic E-state index is -0.284. The number of nitrogens with zero attached hydrogens (tertiary/aromatic N) is 2. The maximum Gasteiger partial charge on any atom is 0.123 e. The lowest BCUT2D eigenvalue weighted by Gasteiger charge is -2.04. The first-order valence-corrected chi connectivity index (χ1v) is 5.60. The molecular formula is C14H14FN3. The van der Waals surface area contributed by atoms with Crippen LogP contribution >= 0.6 is 0 Å². The molecule has 2 N–H and O–H groups in total. The van der Waals surface area contributed by atoms with Crippen LogP contribution in [-0.2, 0) is 0 Å². The van der Waals surface area contributed by atoms with E-state index in [2.05, 4.69) is 10.2 Å². The third kappa shape index (κ3) is 2.71. The van der Waals surface area contributed by atoms with Gasteiger partial charge in [0.1, 0.15) is 5.82 Å². The first-order chi connectivity index (χ1) is 8.56. The Balaban J connectivity index is 2.26. The van der Waals surface area contributed by atoms with Crippen LogP contribution < -0.4 is 5.73 Å². The molecule has 0 bridgehead atoms.